The van der Waals surface area contributed by atoms with Crippen LogP contribution in [0.2, 0.25) is 5.02 Å². The summed E-state index contributed by atoms with van der Waals surface area (Å²) in [6.45, 7) is 6.98. The van der Waals surface area contributed by atoms with Gasteiger partial charge in [-0.25, -0.2) is 4.98 Å². The van der Waals surface area contributed by atoms with Gasteiger partial charge in [-0.15, -0.1) is 0 Å². The number of carbonyl (C=O) groups excluding carboxylic acids is 1. The van der Waals surface area contributed by atoms with E-state index in [0.717, 1.165) is 13.0 Å². The van der Waals surface area contributed by atoms with E-state index in [1.54, 1.807) is 12.3 Å². The van der Waals surface area contributed by atoms with E-state index in [1.165, 1.54) is 0 Å². The highest BCUT2D eigenvalue weighted by molar-refractivity contribution is 6.33. The smallest absolute Gasteiger partial charge is 0.253 e. The highest BCUT2D eigenvalue weighted by Crippen LogP contribution is 2.44. The lowest BCUT2D eigenvalue weighted by atomic mass is 10.2. The fourth-order valence-electron chi connectivity index (χ4n) is 1.81. The molecule has 0 aliphatic heterocycles. The van der Waals surface area contributed by atoms with Gasteiger partial charge in [0.15, 0.2) is 0 Å². The van der Waals surface area contributed by atoms with Crippen LogP contribution in [0.1, 0.15) is 37.6 Å². The van der Waals surface area contributed by atoms with E-state index in [4.69, 9.17) is 11.6 Å². The molecule has 98 valence electrons. The molecule has 0 bridgehead atoms. The first kappa shape index (κ1) is 13.1. The van der Waals surface area contributed by atoms with Gasteiger partial charge in [-0.05, 0) is 24.8 Å². The van der Waals surface area contributed by atoms with Crippen LogP contribution in [0.3, 0.4) is 0 Å². The van der Waals surface area contributed by atoms with Gasteiger partial charge in [0.1, 0.15) is 5.82 Å². The first-order chi connectivity index (χ1) is 8.44. The van der Waals surface area contributed by atoms with Crippen LogP contribution < -0.4 is 10.6 Å². The number of hydrogen-bond acceptors (Lipinski definition) is 3. The Balaban J connectivity index is 2.05. The molecule has 2 rings (SSSR count). The van der Waals surface area contributed by atoms with Crippen LogP contribution in [-0.4, -0.2) is 23.5 Å². The Morgan fingerprint density at radius 2 is 2.28 bits per heavy atom. The van der Waals surface area contributed by atoms with Crippen molar-refractivity contribution < 1.29 is 4.79 Å². The van der Waals surface area contributed by atoms with Gasteiger partial charge in [0, 0.05) is 18.8 Å². The molecule has 18 heavy (non-hydrogen) atoms. The Hall–Kier alpha value is -1.29. The van der Waals surface area contributed by atoms with Crippen LogP contribution in [0, 0.1) is 5.41 Å². The minimum absolute atomic E-state index is 0.108. The van der Waals surface area contributed by atoms with Gasteiger partial charge in [-0.3, -0.25) is 4.79 Å². The van der Waals surface area contributed by atoms with Crippen molar-refractivity contribution in [3.05, 3.63) is 22.8 Å². The number of rotatable bonds is 4. The minimum Gasteiger partial charge on any atom is -0.369 e. The molecule has 1 aromatic rings. The van der Waals surface area contributed by atoms with Crippen molar-refractivity contribution in [1.82, 2.24) is 10.3 Å². The molecule has 1 aliphatic rings. The lowest BCUT2D eigenvalue weighted by molar-refractivity contribution is 0.0946. The number of amides is 1. The molecule has 5 heteroatoms. The molecular formula is C13H18ClN3O. The highest BCUT2D eigenvalue weighted by Gasteiger charge is 2.46. The molecular weight excluding hydrogens is 250 g/mol. The summed E-state index contributed by atoms with van der Waals surface area (Å²) in [4.78, 5) is 16.1. The zero-order valence-corrected chi connectivity index (χ0v) is 11.6. The summed E-state index contributed by atoms with van der Waals surface area (Å²) in [5.41, 5.74) is 0.723. The first-order valence-corrected chi connectivity index (χ1v) is 6.52. The maximum Gasteiger partial charge on any atom is 0.253 e. The maximum atomic E-state index is 12.0. The van der Waals surface area contributed by atoms with E-state index in [9.17, 15) is 4.79 Å². The average Bonchev–Trinajstić information content (AvgIpc) is 2.89. The molecule has 1 saturated carbocycles. The Morgan fingerprint density at radius 3 is 2.78 bits per heavy atom. The van der Waals surface area contributed by atoms with Gasteiger partial charge in [0.2, 0.25) is 0 Å². The van der Waals surface area contributed by atoms with Crippen molar-refractivity contribution in [2.24, 2.45) is 5.41 Å². The van der Waals surface area contributed by atoms with Gasteiger partial charge >= 0.3 is 0 Å². The standard InChI is InChI=1S/C13H18ClN3O/c1-4-15-11-9(14)5-8(7-16-11)12(18)17-10-6-13(10,2)3/h5,7,10H,4,6H2,1-3H3,(H,15,16)(H,17,18). The second-order valence-electron chi connectivity index (χ2n) is 5.30. The van der Waals surface area contributed by atoms with Gasteiger partial charge in [0.05, 0.1) is 10.6 Å². The largest absolute Gasteiger partial charge is 0.369 e. The SMILES string of the molecule is CCNc1ncc(C(=O)NC2CC2(C)C)cc1Cl. The number of anilines is 1. The molecule has 0 aromatic carbocycles. The van der Waals surface area contributed by atoms with Crippen LogP contribution in [-0.2, 0) is 0 Å². The summed E-state index contributed by atoms with van der Waals surface area (Å²) in [6, 6.07) is 1.91. The predicted molar refractivity (Wildman–Crippen MR) is 73.1 cm³/mol. The molecule has 0 saturated heterocycles. The normalized spacial score (nSPS) is 20.3. The molecule has 0 radical (unpaired) electrons. The number of hydrogen-bond donors (Lipinski definition) is 2. The van der Waals surface area contributed by atoms with Crippen molar-refractivity contribution in [1.29, 1.82) is 0 Å². The second-order valence-corrected chi connectivity index (χ2v) is 5.71. The van der Waals surface area contributed by atoms with Crippen molar-refractivity contribution in [2.75, 3.05) is 11.9 Å². The van der Waals surface area contributed by atoms with Gasteiger partial charge in [0.25, 0.3) is 5.91 Å². The number of pyridine rings is 1. The number of nitrogens with one attached hydrogen (secondary N) is 2. The molecule has 1 fully saturated rings. The Bertz CT molecular complexity index is 473. The molecule has 1 heterocycles. The summed E-state index contributed by atoms with van der Waals surface area (Å²) in [7, 11) is 0. The zero-order chi connectivity index (χ0) is 13.3. The van der Waals surface area contributed by atoms with Crippen molar-refractivity contribution in [3.8, 4) is 0 Å². The van der Waals surface area contributed by atoms with Crippen LogP contribution in [0.4, 0.5) is 5.82 Å². The van der Waals surface area contributed by atoms with Gasteiger partial charge < -0.3 is 10.6 Å². The maximum absolute atomic E-state index is 12.0. The second kappa shape index (κ2) is 4.76. The lowest BCUT2D eigenvalue weighted by Gasteiger charge is -2.09. The monoisotopic (exact) mass is 267 g/mol. The van der Waals surface area contributed by atoms with E-state index in [1.807, 2.05) is 6.92 Å². The topological polar surface area (TPSA) is 54.0 Å². The molecule has 1 aromatic heterocycles. The third-order valence-corrected chi connectivity index (χ3v) is 3.55. The summed E-state index contributed by atoms with van der Waals surface area (Å²) in [6.07, 6.45) is 2.57. The number of halogens is 1. The first-order valence-electron chi connectivity index (χ1n) is 6.14. The summed E-state index contributed by atoms with van der Waals surface area (Å²) < 4.78 is 0. The number of aromatic nitrogens is 1. The molecule has 4 nitrogen and oxygen atoms in total. The Labute approximate surface area is 112 Å². The molecule has 2 N–H and O–H groups in total. The zero-order valence-electron chi connectivity index (χ0n) is 10.9. The number of carbonyl (C=O) groups is 1. The van der Waals surface area contributed by atoms with E-state index in [-0.39, 0.29) is 17.4 Å². The van der Waals surface area contributed by atoms with E-state index in [2.05, 4.69) is 29.5 Å². The van der Waals surface area contributed by atoms with Crippen LogP contribution in [0.25, 0.3) is 0 Å². The predicted octanol–water partition coefficient (Wildman–Crippen LogP) is 2.70. The third-order valence-electron chi connectivity index (χ3n) is 3.27. The fraction of sp³-hybridized carbons (Fsp3) is 0.538. The van der Waals surface area contributed by atoms with Crippen molar-refractivity contribution >= 4 is 23.3 Å². The van der Waals surface area contributed by atoms with E-state index < -0.39 is 0 Å². The molecule has 1 unspecified atom stereocenters. The molecule has 1 atom stereocenters. The van der Waals surface area contributed by atoms with Crippen LogP contribution >= 0.6 is 11.6 Å². The van der Waals surface area contributed by atoms with Gasteiger partial charge in [-0.2, -0.15) is 0 Å². The average molecular weight is 268 g/mol. The van der Waals surface area contributed by atoms with Crippen molar-refractivity contribution in [3.63, 3.8) is 0 Å². The minimum atomic E-state index is -0.108. The Kier molecular flexibility index (Phi) is 3.48. The van der Waals surface area contributed by atoms with Crippen molar-refractivity contribution in [2.45, 2.75) is 33.2 Å². The lowest BCUT2D eigenvalue weighted by Crippen LogP contribution is -2.28. The molecule has 0 spiro atoms. The molecule has 1 aliphatic carbocycles. The third kappa shape index (κ3) is 2.75. The molecule has 1 amide bonds. The highest BCUT2D eigenvalue weighted by atomic mass is 35.5. The quantitative estimate of drug-likeness (QED) is 0.882. The summed E-state index contributed by atoms with van der Waals surface area (Å²) in [5, 5.41) is 6.49. The summed E-state index contributed by atoms with van der Waals surface area (Å²) in [5.74, 6) is 0.505. The van der Waals surface area contributed by atoms with Crippen LogP contribution in [0.15, 0.2) is 12.3 Å². The Morgan fingerprint density at radius 1 is 1.61 bits per heavy atom. The van der Waals surface area contributed by atoms with Crippen LogP contribution in [0.5, 0.6) is 0 Å². The number of nitrogens with zero attached hydrogens (tertiary/aromatic N) is 1. The van der Waals surface area contributed by atoms with E-state index in [0.29, 0.717) is 16.4 Å². The summed E-state index contributed by atoms with van der Waals surface area (Å²) >= 11 is 6.06. The van der Waals surface area contributed by atoms with Gasteiger partial charge in [-0.1, -0.05) is 25.4 Å². The fourth-order valence-corrected chi connectivity index (χ4v) is 2.05. The van der Waals surface area contributed by atoms with E-state index >= 15 is 0 Å².